The van der Waals surface area contributed by atoms with Crippen LogP contribution in [0.25, 0.3) is 0 Å². The number of aliphatic hydroxyl groups excluding tert-OH is 1. The van der Waals surface area contributed by atoms with Crippen LogP contribution in [0, 0.1) is 20.2 Å². The zero-order valence-electron chi connectivity index (χ0n) is 17.5. The van der Waals surface area contributed by atoms with Crippen molar-refractivity contribution in [3.05, 3.63) is 79.9 Å². The SMILES string of the molecule is O=[N+]([O-])c1ccc(CCO)cc1.O=[N+]([O-])c1ccc(CCOCCCCCCBr)cc1. The van der Waals surface area contributed by atoms with E-state index in [9.17, 15) is 20.2 Å². The maximum atomic E-state index is 10.5. The molecule has 2 rings (SSSR count). The Morgan fingerprint density at radius 3 is 1.68 bits per heavy atom. The minimum absolute atomic E-state index is 0.0673. The number of alkyl halides is 1. The second kappa shape index (κ2) is 16.3. The Kier molecular flexibility index (Phi) is 14.1. The zero-order valence-corrected chi connectivity index (χ0v) is 19.0. The molecule has 31 heavy (non-hydrogen) atoms. The first kappa shape index (κ1) is 26.7. The molecular weight excluding hydrogens is 468 g/mol. The van der Waals surface area contributed by atoms with Crippen molar-refractivity contribution in [2.45, 2.75) is 38.5 Å². The third-order valence-electron chi connectivity index (χ3n) is 4.40. The highest BCUT2D eigenvalue weighted by Gasteiger charge is 2.04. The van der Waals surface area contributed by atoms with Crippen molar-refractivity contribution in [1.82, 2.24) is 0 Å². The minimum Gasteiger partial charge on any atom is -0.396 e. The molecule has 0 atom stereocenters. The Morgan fingerprint density at radius 1 is 0.742 bits per heavy atom. The van der Waals surface area contributed by atoms with Crippen LogP contribution in [0.15, 0.2) is 48.5 Å². The van der Waals surface area contributed by atoms with Gasteiger partial charge in [0.15, 0.2) is 0 Å². The number of halogens is 1. The topological polar surface area (TPSA) is 116 Å². The summed E-state index contributed by atoms with van der Waals surface area (Å²) in [5, 5.41) is 30.4. The Balaban J connectivity index is 0.000000343. The summed E-state index contributed by atoms with van der Waals surface area (Å²) in [6, 6.07) is 12.8. The van der Waals surface area contributed by atoms with Gasteiger partial charge in [0.1, 0.15) is 0 Å². The van der Waals surface area contributed by atoms with Crippen molar-refractivity contribution in [2.24, 2.45) is 0 Å². The first-order valence-electron chi connectivity index (χ1n) is 10.2. The van der Waals surface area contributed by atoms with Crippen LogP contribution in [-0.2, 0) is 17.6 Å². The van der Waals surface area contributed by atoms with Gasteiger partial charge in [-0.25, -0.2) is 0 Å². The average molecular weight is 497 g/mol. The lowest BCUT2D eigenvalue weighted by Gasteiger charge is -2.04. The molecule has 0 fully saturated rings. The summed E-state index contributed by atoms with van der Waals surface area (Å²) < 4.78 is 5.55. The average Bonchev–Trinajstić information content (AvgIpc) is 2.77. The summed E-state index contributed by atoms with van der Waals surface area (Å²) >= 11 is 3.41. The van der Waals surface area contributed by atoms with Gasteiger partial charge in [0.05, 0.1) is 16.5 Å². The zero-order chi connectivity index (χ0) is 22.9. The first-order chi connectivity index (χ1) is 15.0. The predicted octanol–water partition coefficient (Wildman–Crippen LogP) is 5.24. The van der Waals surface area contributed by atoms with Crippen LogP contribution in [0.5, 0.6) is 0 Å². The number of rotatable bonds is 13. The molecule has 2 aromatic carbocycles. The second-order valence-electron chi connectivity index (χ2n) is 6.79. The van der Waals surface area contributed by atoms with Crippen LogP contribution in [0.2, 0.25) is 0 Å². The van der Waals surface area contributed by atoms with Crippen molar-refractivity contribution in [2.75, 3.05) is 25.2 Å². The molecule has 0 bridgehead atoms. The minimum atomic E-state index is -0.442. The van der Waals surface area contributed by atoms with Gasteiger partial charge in [0.25, 0.3) is 11.4 Å². The summed E-state index contributed by atoms with van der Waals surface area (Å²) in [4.78, 5) is 19.9. The number of hydrogen-bond donors (Lipinski definition) is 1. The van der Waals surface area contributed by atoms with Gasteiger partial charge in [-0.15, -0.1) is 0 Å². The van der Waals surface area contributed by atoms with Gasteiger partial charge in [-0.05, 0) is 36.8 Å². The summed E-state index contributed by atoms with van der Waals surface area (Å²) in [5.74, 6) is 0. The highest BCUT2D eigenvalue weighted by atomic mass is 79.9. The molecule has 0 radical (unpaired) electrons. The van der Waals surface area contributed by atoms with Crippen molar-refractivity contribution < 1.29 is 19.7 Å². The highest BCUT2D eigenvalue weighted by molar-refractivity contribution is 9.09. The van der Waals surface area contributed by atoms with Gasteiger partial charge in [0, 0.05) is 42.8 Å². The number of aliphatic hydroxyl groups is 1. The van der Waals surface area contributed by atoms with Gasteiger partial charge in [-0.3, -0.25) is 20.2 Å². The van der Waals surface area contributed by atoms with Gasteiger partial charge in [0.2, 0.25) is 0 Å². The molecule has 0 aromatic heterocycles. The number of non-ortho nitro benzene ring substituents is 2. The van der Waals surface area contributed by atoms with Crippen LogP contribution in [0.4, 0.5) is 11.4 Å². The number of hydrogen-bond acceptors (Lipinski definition) is 6. The number of nitro groups is 2. The van der Waals surface area contributed by atoms with Crippen LogP contribution < -0.4 is 0 Å². The van der Waals surface area contributed by atoms with Crippen molar-refractivity contribution >= 4 is 27.3 Å². The Morgan fingerprint density at radius 2 is 1.23 bits per heavy atom. The second-order valence-corrected chi connectivity index (χ2v) is 7.58. The van der Waals surface area contributed by atoms with E-state index >= 15 is 0 Å². The van der Waals surface area contributed by atoms with Crippen LogP contribution in [-0.4, -0.2) is 40.1 Å². The van der Waals surface area contributed by atoms with E-state index < -0.39 is 4.92 Å². The maximum Gasteiger partial charge on any atom is 0.269 e. The van der Waals surface area contributed by atoms with Crippen molar-refractivity contribution in [3.63, 3.8) is 0 Å². The lowest BCUT2D eigenvalue weighted by atomic mass is 10.1. The molecule has 8 nitrogen and oxygen atoms in total. The van der Waals surface area contributed by atoms with Gasteiger partial charge in [-0.1, -0.05) is 53.0 Å². The Labute approximate surface area is 190 Å². The van der Waals surface area contributed by atoms with E-state index in [0.717, 1.165) is 35.9 Å². The summed E-state index contributed by atoms with van der Waals surface area (Å²) in [6.07, 6.45) is 6.13. The van der Waals surface area contributed by atoms with Gasteiger partial charge < -0.3 is 9.84 Å². The largest absolute Gasteiger partial charge is 0.396 e. The quantitative estimate of drug-likeness (QED) is 0.175. The van der Waals surface area contributed by atoms with Crippen molar-refractivity contribution in [3.8, 4) is 0 Å². The fourth-order valence-corrected chi connectivity index (χ4v) is 3.04. The Bertz CT molecular complexity index is 769. The van der Waals surface area contributed by atoms with E-state index in [1.165, 1.54) is 43.5 Å². The number of nitro benzene ring substituents is 2. The van der Waals surface area contributed by atoms with E-state index in [0.29, 0.717) is 13.0 Å². The fourth-order valence-electron chi connectivity index (χ4n) is 2.64. The first-order valence-corrected chi connectivity index (χ1v) is 11.3. The Hall–Kier alpha value is -2.36. The van der Waals surface area contributed by atoms with Gasteiger partial charge in [-0.2, -0.15) is 0 Å². The van der Waals surface area contributed by atoms with Crippen LogP contribution in [0.3, 0.4) is 0 Å². The lowest BCUT2D eigenvalue weighted by molar-refractivity contribution is -0.385. The van der Waals surface area contributed by atoms with Crippen molar-refractivity contribution in [1.29, 1.82) is 0 Å². The summed E-state index contributed by atoms with van der Waals surface area (Å²) in [6.45, 7) is 1.54. The molecule has 170 valence electrons. The maximum absolute atomic E-state index is 10.5. The normalized spacial score (nSPS) is 10.3. The molecule has 0 aliphatic rings. The molecule has 0 saturated heterocycles. The van der Waals surface area contributed by atoms with E-state index in [-0.39, 0.29) is 22.9 Å². The summed E-state index contributed by atoms with van der Waals surface area (Å²) in [7, 11) is 0. The molecule has 0 aliphatic carbocycles. The third-order valence-corrected chi connectivity index (χ3v) is 4.96. The molecule has 0 unspecified atom stereocenters. The molecule has 0 amide bonds. The molecule has 0 spiro atoms. The molecule has 1 N–H and O–H groups in total. The highest BCUT2D eigenvalue weighted by Crippen LogP contribution is 2.13. The number of ether oxygens (including phenoxy) is 1. The lowest BCUT2D eigenvalue weighted by Crippen LogP contribution is -2.00. The van der Waals surface area contributed by atoms with E-state index in [1.807, 2.05) is 0 Å². The van der Waals surface area contributed by atoms with Crippen LogP contribution >= 0.6 is 15.9 Å². The van der Waals surface area contributed by atoms with E-state index in [4.69, 9.17) is 9.84 Å². The molecule has 0 aliphatic heterocycles. The third kappa shape index (κ3) is 12.2. The fraction of sp³-hybridized carbons (Fsp3) is 0.455. The summed E-state index contributed by atoms with van der Waals surface area (Å²) in [5.41, 5.74) is 2.20. The molecule has 2 aromatic rings. The number of unbranched alkanes of at least 4 members (excludes halogenated alkanes) is 3. The standard InChI is InChI=1S/C14H20BrNO3.C8H9NO3/c15-10-3-1-2-4-11-19-12-9-13-5-7-14(8-6-13)16(17)18;10-6-5-7-1-3-8(4-2-7)9(11)12/h5-8H,1-4,9-12H2;1-4,10H,5-6H2. The monoisotopic (exact) mass is 496 g/mol. The molecule has 0 heterocycles. The van der Waals surface area contributed by atoms with Crippen LogP contribution in [0.1, 0.15) is 36.8 Å². The number of nitrogens with zero attached hydrogens (tertiary/aromatic N) is 2. The smallest absolute Gasteiger partial charge is 0.269 e. The van der Waals surface area contributed by atoms with Gasteiger partial charge >= 0.3 is 0 Å². The predicted molar refractivity (Wildman–Crippen MR) is 124 cm³/mol. The molecule has 9 heteroatoms. The van der Waals surface area contributed by atoms with E-state index in [2.05, 4.69) is 15.9 Å². The van der Waals surface area contributed by atoms with E-state index in [1.54, 1.807) is 24.3 Å². The molecule has 0 saturated carbocycles. The molecular formula is C22H29BrN2O6. The number of benzene rings is 2.